The third-order valence-electron chi connectivity index (χ3n) is 1.62. The molecule has 0 aromatic heterocycles. The molecule has 0 radical (unpaired) electrons. The normalized spacial score (nSPS) is 11.2. The number of nitrogens with two attached hydrogens (primary N) is 2. The summed E-state index contributed by atoms with van der Waals surface area (Å²) in [7, 11) is 0. The van der Waals surface area contributed by atoms with Crippen molar-refractivity contribution in [2.24, 2.45) is 16.5 Å². The average Bonchev–Trinajstić information content (AvgIpc) is 2.05. The Balaban J connectivity index is 0.00000144. The quantitative estimate of drug-likeness (QED) is 0.559. The summed E-state index contributed by atoms with van der Waals surface area (Å²) in [6.45, 7) is 1.95. The first-order valence-electron chi connectivity index (χ1n) is 3.84. The fourth-order valence-electron chi connectivity index (χ4n) is 1.03. The van der Waals surface area contributed by atoms with E-state index in [-0.39, 0.29) is 24.4 Å². The van der Waals surface area contributed by atoms with Gasteiger partial charge in [0.25, 0.3) is 0 Å². The van der Waals surface area contributed by atoms with Gasteiger partial charge in [0.15, 0.2) is 5.96 Å². The Kier molecular flexibility index (Phi) is 4.92. The van der Waals surface area contributed by atoms with Crippen LogP contribution in [0.1, 0.15) is 18.5 Å². The van der Waals surface area contributed by atoms with Crippen LogP contribution in [-0.2, 0) is 0 Å². The van der Waals surface area contributed by atoms with Gasteiger partial charge in [0, 0.05) is 0 Å². The van der Waals surface area contributed by atoms with E-state index >= 15 is 0 Å². The summed E-state index contributed by atoms with van der Waals surface area (Å²) in [6.07, 6.45) is 0. The molecule has 1 aromatic carbocycles. The lowest BCUT2D eigenvalue weighted by Crippen LogP contribution is -2.23. The fraction of sp³-hybridized carbons (Fsp3) is 0.222. The monoisotopic (exact) mass is 199 g/mol. The van der Waals surface area contributed by atoms with Gasteiger partial charge in [-0.1, -0.05) is 30.3 Å². The number of halogens is 1. The number of aliphatic imine (C=N–C) groups is 1. The van der Waals surface area contributed by atoms with Gasteiger partial charge in [0.05, 0.1) is 6.04 Å². The van der Waals surface area contributed by atoms with Crippen LogP contribution in [0.4, 0.5) is 0 Å². The molecule has 0 aliphatic rings. The number of guanidine groups is 1. The largest absolute Gasteiger partial charge is 0.370 e. The second-order valence-corrected chi connectivity index (χ2v) is 2.64. The minimum Gasteiger partial charge on any atom is -0.370 e. The third-order valence-corrected chi connectivity index (χ3v) is 1.62. The van der Waals surface area contributed by atoms with Crippen LogP contribution in [0, 0.1) is 0 Å². The van der Waals surface area contributed by atoms with Gasteiger partial charge in [-0.25, -0.2) is 4.99 Å². The molecule has 0 fully saturated rings. The number of hydrogen-bond acceptors (Lipinski definition) is 1. The lowest BCUT2D eigenvalue weighted by molar-refractivity contribution is 0.816. The van der Waals surface area contributed by atoms with Crippen molar-refractivity contribution in [3.8, 4) is 0 Å². The summed E-state index contributed by atoms with van der Waals surface area (Å²) in [4.78, 5) is 4.02. The van der Waals surface area contributed by atoms with E-state index in [0.717, 1.165) is 5.56 Å². The number of benzene rings is 1. The topological polar surface area (TPSA) is 64.4 Å². The highest BCUT2D eigenvalue weighted by Gasteiger charge is 2.00. The van der Waals surface area contributed by atoms with Crippen LogP contribution in [0.2, 0.25) is 0 Å². The lowest BCUT2D eigenvalue weighted by atomic mass is 10.1. The maximum atomic E-state index is 5.26. The number of hydrogen-bond donors (Lipinski definition) is 2. The molecule has 4 N–H and O–H groups in total. The van der Waals surface area contributed by atoms with Crippen LogP contribution in [0.5, 0.6) is 0 Å². The van der Waals surface area contributed by atoms with E-state index in [2.05, 4.69) is 4.99 Å². The molecule has 0 aliphatic carbocycles. The summed E-state index contributed by atoms with van der Waals surface area (Å²) in [5.74, 6) is 0.131. The summed E-state index contributed by atoms with van der Waals surface area (Å²) in [6, 6.07) is 9.93. The van der Waals surface area contributed by atoms with E-state index in [9.17, 15) is 0 Å². The van der Waals surface area contributed by atoms with Crippen LogP contribution >= 0.6 is 12.4 Å². The van der Waals surface area contributed by atoms with Crippen molar-refractivity contribution >= 4 is 18.4 Å². The minimum absolute atomic E-state index is 0. The van der Waals surface area contributed by atoms with Crippen LogP contribution < -0.4 is 11.5 Å². The molecule has 1 aromatic rings. The van der Waals surface area contributed by atoms with Crippen molar-refractivity contribution in [3.63, 3.8) is 0 Å². The predicted molar refractivity (Wildman–Crippen MR) is 57.9 cm³/mol. The van der Waals surface area contributed by atoms with Gasteiger partial charge >= 0.3 is 0 Å². The molecule has 0 spiro atoms. The first-order chi connectivity index (χ1) is 5.70. The van der Waals surface area contributed by atoms with E-state index in [1.165, 1.54) is 0 Å². The van der Waals surface area contributed by atoms with Crippen molar-refractivity contribution in [1.82, 2.24) is 0 Å². The number of rotatable bonds is 2. The van der Waals surface area contributed by atoms with Gasteiger partial charge in [-0.3, -0.25) is 0 Å². The van der Waals surface area contributed by atoms with E-state index in [1.807, 2.05) is 37.3 Å². The Bertz CT molecular complexity index is 267. The molecule has 0 heterocycles. The van der Waals surface area contributed by atoms with Gasteiger partial charge in [-0.2, -0.15) is 0 Å². The Morgan fingerprint density at radius 1 is 1.23 bits per heavy atom. The molecule has 0 bridgehead atoms. The highest BCUT2D eigenvalue weighted by Crippen LogP contribution is 2.14. The molecule has 0 amide bonds. The van der Waals surface area contributed by atoms with Crippen molar-refractivity contribution in [3.05, 3.63) is 35.9 Å². The maximum Gasteiger partial charge on any atom is 0.186 e. The Morgan fingerprint density at radius 3 is 2.23 bits per heavy atom. The molecule has 0 saturated carbocycles. The maximum absolute atomic E-state index is 5.26. The standard InChI is InChI=1S/C9H13N3.ClH/c1-7(12-9(10)11)8-5-3-2-4-6-8;/h2-7H,1H3,(H4,10,11,12);1H. The summed E-state index contributed by atoms with van der Waals surface area (Å²) in [5, 5.41) is 0. The first kappa shape index (κ1) is 11.8. The van der Waals surface area contributed by atoms with Gasteiger partial charge < -0.3 is 11.5 Å². The Labute approximate surface area is 84.3 Å². The molecule has 0 saturated heterocycles. The van der Waals surface area contributed by atoms with Crippen LogP contribution in [0.15, 0.2) is 35.3 Å². The van der Waals surface area contributed by atoms with Gasteiger partial charge in [0.1, 0.15) is 0 Å². The molecule has 1 rings (SSSR count). The zero-order valence-electron chi connectivity index (χ0n) is 7.47. The average molecular weight is 200 g/mol. The van der Waals surface area contributed by atoms with E-state index in [4.69, 9.17) is 11.5 Å². The smallest absolute Gasteiger partial charge is 0.186 e. The van der Waals surface area contributed by atoms with E-state index in [1.54, 1.807) is 0 Å². The molecule has 0 aliphatic heterocycles. The third kappa shape index (κ3) is 3.80. The van der Waals surface area contributed by atoms with Crippen molar-refractivity contribution < 1.29 is 0 Å². The molecule has 72 valence electrons. The van der Waals surface area contributed by atoms with Gasteiger partial charge in [-0.15, -0.1) is 12.4 Å². The zero-order chi connectivity index (χ0) is 8.97. The molecule has 4 heteroatoms. The molecule has 1 atom stereocenters. The SMILES string of the molecule is CC(N=C(N)N)c1ccccc1.Cl. The van der Waals surface area contributed by atoms with Crippen molar-refractivity contribution in [2.45, 2.75) is 13.0 Å². The molecule has 3 nitrogen and oxygen atoms in total. The zero-order valence-corrected chi connectivity index (χ0v) is 8.29. The Hall–Kier alpha value is -1.22. The summed E-state index contributed by atoms with van der Waals surface area (Å²) in [5.41, 5.74) is 11.6. The fourth-order valence-corrected chi connectivity index (χ4v) is 1.03. The van der Waals surface area contributed by atoms with Crippen LogP contribution in [0.3, 0.4) is 0 Å². The molecular formula is C9H14ClN3. The van der Waals surface area contributed by atoms with Gasteiger partial charge in [-0.05, 0) is 12.5 Å². The molecular weight excluding hydrogens is 186 g/mol. The second kappa shape index (κ2) is 5.43. The molecule has 13 heavy (non-hydrogen) atoms. The van der Waals surface area contributed by atoms with Crippen molar-refractivity contribution in [2.75, 3.05) is 0 Å². The van der Waals surface area contributed by atoms with Gasteiger partial charge in [0.2, 0.25) is 0 Å². The second-order valence-electron chi connectivity index (χ2n) is 2.64. The highest BCUT2D eigenvalue weighted by atomic mass is 35.5. The summed E-state index contributed by atoms with van der Waals surface area (Å²) >= 11 is 0. The first-order valence-corrected chi connectivity index (χ1v) is 3.84. The summed E-state index contributed by atoms with van der Waals surface area (Å²) < 4.78 is 0. The molecule has 1 unspecified atom stereocenters. The van der Waals surface area contributed by atoms with E-state index < -0.39 is 0 Å². The van der Waals surface area contributed by atoms with Crippen LogP contribution in [-0.4, -0.2) is 5.96 Å². The van der Waals surface area contributed by atoms with Crippen LogP contribution in [0.25, 0.3) is 0 Å². The van der Waals surface area contributed by atoms with Crippen molar-refractivity contribution in [1.29, 1.82) is 0 Å². The number of nitrogens with zero attached hydrogens (tertiary/aromatic N) is 1. The predicted octanol–water partition coefficient (Wildman–Crippen LogP) is 1.44. The van der Waals surface area contributed by atoms with E-state index in [0.29, 0.717) is 0 Å². The highest BCUT2D eigenvalue weighted by molar-refractivity contribution is 5.85. The Morgan fingerprint density at radius 2 is 1.77 bits per heavy atom. The lowest BCUT2D eigenvalue weighted by Gasteiger charge is -2.05. The minimum atomic E-state index is 0.